The number of aromatic nitrogens is 5. The Hall–Kier alpha value is -4.11. The lowest BCUT2D eigenvalue weighted by Gasteiger charge is -2.20. The smallest absolute Gasteiger partial charge is 0.240 e. The van der Waals surface area contributed by atoms with Gasteiger partial charge >= 0.3 is 0 Å². The van der Waals surface area contributed by atoms with E-state index >= 15 is 0 Å². The van der Waals surface area contributed by atoms with Crippen molar-refractivity contribution in [2.45, 2.75) is 24.9 Å². The van der Waals surface area contributed by atoms with E-state index in [0.717, 1.165) is 52.4 Å². The lowest BCUT2D eigenvalue weighted by molar-refractivity contribution is 0.295. The highest BCUT2D eigenvalue weighted by Crippen LogP contribution is 2.45. The molecule has 6 rings (SSSR count). The summed E-state index contributed by atoms with van der Waals surface area (Å²) in [7, 11) is 0. The summed E-state index contributed by atoms with van der Waals surface area (Å²) in [6, 6.07) is 26.9. The van der Waals surface area contributed by atoms with E-state index < -0.39 is 0 Å². The Balaban J connectivity index is 1.19. The number of nitrogens with zero attached hydrogens (tertiary/aromatic N) is 4. The molecule has 186 valence electrons. The first-order valence-electron chi connectivity index (χ1n) is 12.2. The molecule has 0 amide bonds. The molecule has 0 fully saturated rings. The van der Waals surface area contributed by atoms with Gasteiger partial charge in [-0.15, -0.1) is 11.8 Å². The van der Waals surface area contributed by atoms with Gasteiger partial charge in [-0.3, -0.25) is 0 Å². The number of ether oxygens (including phenoxy) is 2. The van der Waals surface area contributed by atoms with E-state index in [1.165, 1.54) is 11.1 Å². The van der Waals surface area contributed by atoms with Gasteiger partial charge in [-0.2, -0.15) is 0 Å². The molecule has 5 aromatic rings. The molecule has 8 nitrogen and oxygen atoms in total. The monoisotopic (exact) mass is 510 g/mol. The normalized spacial score (nSPS) is 14.3. The number of aromatic amines is 1. The van der Waals surface area contributed by atoms with Crippen LogP contribution in [0.15, 0.2) is 78.9 Å². The standard InChI is InChI=1S/C28H26N6O2S/c1-3-8-23-20(7-1)17-36-26-13-12-22(35-18-21-11-10-19-6-2-4-9-25(19)30-21)16-24(26)27(23)37-15-5-14-29-28-31-33-34-32-28/h1-4,6-13,16,27H,5,14-15,17-18H2,(H2,29,31,32,33,34). The number of para-hydroxylation sites is 1. The summed E-state index contributed by atoms with van der Waals surface area (Å²) >= 11 is 1.91. The largest absolute Gasteiger partial charge is 0.489 e. The van der Waals surface area contributed by atoms with Gasteiger partial charge in [0.1, 0.15) is 24.7 Å². The van der Waals surface area contributed by atoms with Gasteiger partial charge in [0.25, 0.3) is 0 Å². The van der Waals surface area contributed by atoms with Crippen LogP contribution in [-0.4, -0.2) is 37.9 Å². The van der Waals surface area contributed by atoms with Crippen molar-refractivity contribution in [3.63, 3.8) is 0 Å². The zero-order valence-electron chi connectivity index (χ0n) is 20.1. The van der Waals surface area contributed by atoms with Crippen LogP contribution in [0, 0.1) is 0 Å². The third-order valence-electron chi connectivity index (χ3n) is 6.27. The fourth-order valence-corrected chi connectivity index (χ4v) is 5.76. The maximum Gasteiger partial charge on any atom is 0.240 e. The molecule has 1 atom stereocenters. The fraction of sp³-hybridized carbons (Fsp3) is 0.214. The molecule has 3 aromatic carbocycles. The van der Waals surface area contributed by atoms with Crippen LogP contribution in [-0.2, 0) is 13.2 Å². The number of rotatable bonds is 9. The SMILES string of the molecule is c1ccc2c(c1)COc1ccc(OCc3ccc4ccccc4n3)cc1C2SCCCNc1nnn[nH]1. The van der Waals surface area contributed by atoms with E-state index in [9.17, 15) is 0 Å². The average molecular weight is 511 g/mol. The lowest BCUT2D eigenvalue weighted by Crippen LogP contribution is -2.06. The van der Waals surface area contributed by atoms with Gasteiger partial charge < -0.3 is 14.8 Å². The molecule has 1 unspecified atom stereocenters. The molecule has 2 N–H and O–H groups in total. The Morgan fingerprint density at radius 1 is 1.00 bits per heavy atom. The first-order valence-corrected chi connectivity index (χ1v) is 13.3. The van der Waals surface area contributed by atoms with Crippen molar-refractivity contribution in [1.29, 1.82) is 0 Å². The van der Waals surface area contributed by atoms with E-state index in [1.807, 2.05) is 48.2 Å². The highest BCUT2D eigenvalue weighted by atomic mass is 32.2. The Morgan fingerprint density at radius 2 is 1.92 bits per heavy atom. The summed E-state index contributed by atoms with van der Waals surface area (Å²) in [5.41, 5.74) is 5.50. The zero-order chi connectivity index (χ0) is 24.9. The molecule has 3 heterocycles. The molecule has 2 aromatic heterocycles. The van der Waals surface area contributed by atoms with E-state index in [0.29, 0.717) is 19.2 Å². The number of thioether (sulfide) groups is 1. The van der Waals surface area contributed by atoms with Crippen molar-refractivity contribution in [2.24, 2.45) is 0 Å². The first kappa shape index (κ1) is 23.3. The van der Waals surface area contributed by atoms with E-state index in [-0.39, 0.29) is 5.25 Å². The second kappa shape index (κ2) is 10.9. The first-order chi connectivity index (χ1) is 18.3. The minimum atomic E-state index is 0.142. The third-order valence-corrected chi connectivity index (χ3v) is 7.64. The van der Waals surface area contributed by atoms with Crippen LogP contribution in [0.25, 0.3) is 10.9 Å². The lowest BCUT2D eigenvalue weighted by atomic mass is 10.00. The third kappa shape index (κ3) is 5.36. The van der Waals surface area contributed by atoms with Crippen molar-refractivity contribution in [2.75, 3.05) is 17.6 Å². The molecule has 0 aliphatic carbocycles. The molecule has 37 heavy (non-hydrogen) atoms. The minimum Gasteiger partial charge on any atom is -0.489 e. The Kier molecular flexibility index (Phi) is 6.85. The predicted molar refractivity (Wildman–Crippen MR) is 145 cm³/mol. The highest BCUT2D eigenvalue weighted by molar-refractivity contribution is 7.99. The summed E-state index contributed by atoms with van der Waals surface area (Å²) in [5, 5.41) is 18.3. The molecule has 9 heteroatoms. The molecule has 1 aliphatic heterocycles. The number of hydrogen-bond donors (Lipinski definition) is 2. The van der Waals surface area contributed by atoms with E-state index in [4.69, 9.17) is 14.5 Å². The number of nitrogens with one attached hydrogen (secondary N) is 2. The summed E-state index contributed by atoms with van der Waals surface area (Å²) in [5.74, 6) is 3.25. The number of hydrogen-bond acceptors (Lipinski definition) is 8. The Bertz CT molecular complexity index is 1490. The van der Waals surface area contributed by atoms with Crippen LogP contribution in [0.4, 0.5) is 5.95 Å². The number of tetrazole rings is 1. The van der Waals surface area contributed by atoms with Crippen molar-refractivity contribution < 1.29 is 9.47 Å². The topological polar surface area (TPSA) is 97.8 Å². The predicted octanol–water partition coefficient (Wildman–Crippen LogP) is 5.54. The van der Waals surface area contributed by atoms with Crippen molar-refractivity contribution in [1.82, 2.24) is 25.6 Å². The van der Waals surface area contributed by atoms with Crippen LogP contribution in [0.2, 0.25) is 0 Å². The van der Waals surface area contributed by atoms with Crippen LogP contribution in [0.1, 0.15) is 34.1 Å². The van der Waals surface area contributed by atoms with Gasteiger partial charge in [-0.25, -0.2) is 10.1 Å². The van der Waals surface area contributed by atoms with Gasteiger partial charge in [0.05, 0.1) is 16.5 Å². The maximum absolute atomic E-state index is 6.23. The van der Waals surface area contributed by atoms with Gasteiger partial charge in [0.15, 0.2) is 0 Å². The number of fused-ring (bicyclic) bond motifs is 3. The molecule has 0 saturated carbocycles. The van der Waals surface area contributed by atoms with Crippen LogP contribution in [0.5, 0.6) is 11.5 Å². The molecular weight excluding hydrogens is 484 g/mol. The fourth-order valence-electron chi connectivity index (χ4n) is 4.44. The van der Waals surface area contributed by atoms with E-state index in [1.54, 1.807) is 0 Å². The number of anilines is 1. The average Bonchev–Trinajstić information content (AvgIpc) is 3.41. The second-order valence-corrected chi connectivity index (χ2v) is 9.97. The highest BCUT2D eigenvalue weighted by Gasteiger charge is 2.25. The zero-order valence-corrected chi connectivity index (χ0v) is 20.9. The molecule has 0 saturated heterocycles. The summed E-state index contributed by atoms with van der Waals surface area (Å²) in [6.45, 7) is 1.74. The molecular formula is C28H26N6O2S. The van der Waals surface area contributed by atoms with Crippen LogP contribution < -0.4 is 14.8 Å². The van der Waals surface area contributed by atoms with E-state index in [2.05, 4.69) is 68.4 Å². The Morgan fingerprint density at radius 3 is 2.86 bits per heavy atom. The van der Waals surface area contributed by atoms with Crippen LogP contribution in [0.3, 0.4) is 0 Å². The second-order valence-electron chi connectivity index (χ2n) is 8.75. The van der Waals surface area contributed by atoms with Crippen molar-refractivity contribution in [3.8, 4) is 11.5 Å². The number of pyridine rings is 1. The quantitative estimate of drug-likeness (QED) is 0.249. The maximum atomic E-state index is 6.23. The Labute approximate surface area is 218 Å². The number of H-pyrrole nitrogens is 1. The molecule has 0 radical (unpaired) electrons. The minimum absolute atomic E-state index is 0.142. The number of benzene rings is 3. The van der Waals surface area contributed by atoms with Crippen molar-refractivity contribution >= 4 is 28.6 Å². The molecule has 0 bridgehead atoms. The molecule has 1 aliphatic rings. The molecule has 0 spiro atoms. The van der Waals surface area contributed by atoms with Gasteiger partial charge in [0, 0.05) is 17.5 Å². The van der Waals surface area contributed by atoms with Crippen LogP contribution >= 0.6 is 11.8 Å². The summed E-state index contributed by atoms with van der Waals surface area (Å²) in [4.78, 5) is 4.74. The van der Waals surface area contributed by atoms with Gasteiger partial charge in [-0.1, -0.05) is 53.6 Å². The van der Waals surface area contributed by atoms with Gasteiger partial charge in [-0.05, 0) is 64.1 Å². The summed E-state index contributed by atoms with van der Waals surface area (Å²) < 4.78 is 12.4. The van der Waals surface area contributed by atoms with Crippen molar-refractivity contribution in [3.05, 3.63) is 101 Å². The summed E-state index contributed by atoms with van der Waals surface area (Å²) in [6.07, 6.45) is 0.962. The van der Waals surface area contributed by atoms with Gasteiger partial charge in [0.2, 0.25) is 5.95 Å².